The van der Waals surface area contributed by atoms with Gasteiger partial charge in [-0.1, -0.05) is 25.3 Å². The van der Waals surface area contributed by atoms with Gasteiger partial charge in [0.15, 0.2) is 0 Å². The van der Waals surface area contributed by atoms with Gasteiger partial charge < -0.3 is 10.2 Å². The van der Waals surface area contributed by atoms with E-state index in [0.29, 0.717) is 31.8 Å². The van der Waals surface area contributed by atoms with E-state index < -0.39 is 12.1 Å². The van der Waals surface area contributed by atoms with E-state index in [2.05, 4.69) is 0 Å². The van der Waals surface area contributed by atoms with E-state index in [1.807, 2.05) is 11.4 Å². The molecule has 24 heavy (non-hydrogen) atoms. The lowest BCUT2D eigenvalue weighted by atomic mass is 9.89. The molecule has 2 amide bonds. The average Bonchev–Trinajstić information content (AvgIpc) is 2.58. The van der Waals surface area contributed by atoms with Crippen LogP contribution in [0.2, 0.25) is 0 Å². The topological polar surface area (TPSA) is 49.4 Å². The third-order valence-electron chi connectivity index (χ3n) is 4.90. The largest absolute Gasteiger partial charge is 0.471 e. The Morgan fingerprint density at radius 3 is 2.25 bits per heavy atom. The number of allylic oxidation sites excluding steroid dienone is 1. The van der Waals surface area contributed by atoms with Crippen LogP contribution in [0.1, 0.15) is 44.9 Å². The Kier molecular flexibility index (Phi) is 6.69. The maximum Gasteiger partial charge on any atom is 0.471 e. The highest BCUT2D eigenvalue weighted by Crippen LogP contribution is 2.25. The lowest BCUT2D eigenvalue weighted by Crippen LogP contribution is -2.43. The van der Waals surface area contributed by atoms with Gasteiger partial charge in [0.05, 0.1) is 0 Å². The molecule has 2 aliphatic rings. The smallest absolute Gasteiger partial charge is 0.348 e. The van der Waals surface area contributed by atoms with Gasteiger partial charge in [-0.2, -0.15) is 13.2 Å². The highest BCUT2D eigenvalue weighted by Gasteiger charge is 2.38. The molecule has 1 saturated carbocycles. The number of likely N-dealkylation sites (tertiary alicyclic amines) is 1. The number of piperidine rings is 1. The molecule has 0 bridgehead atoms. The Morgan fingerprint density at radius 2 is 1.67 bits per heavy atom. The summed E-state index contributed by atoms with van der Waals surface area (Å²) in [6.45, 7) is 1.07. The van der Waals surface area contributed by atoms with Gasteiger partial charge in [0.2, 0.25) is 5.91 Å². The summed E-state index contributed by atoms with van der Waals surface area (Å²) in [4.78, 5) is 24.7. The van der Waals surface area contributed by atoms with Gasteiger partial charge in [-0.05, 0) is 43.6 Å². The van der Waals surface area contributed by atoms with Crippen LogP contribution in [0, 0.1) is 11.8 Å². The minimum Gasteiger partial charge on any atom is -0.348 e. The van der Waals surface area contributed by atoms with Crippen molar-refractivity contribution in [1.82, 2.24) is 10.2 Å². The molecule has 0 aromatic rings. The number of carbonyl (C=O) groups is 2. The fourth-order valence-corrected chi connectivity index (χ4v) is 3.35. The maximum atomic E-state index is 12.2. The summed E-state index contributed by atoms with van der Waals surface area (Å²) in [5.41, 5.74) is 0. The molecular formula is C17H25F3N2O2. The van der Waals surface area contributed by atoms with E-state index in [1.165, 1.54) is 19.3 Å². The van der Waals surface area contributed by atoms with E-state index in [9.17, 15) is 22.8 Å². The molecule has 1 N–H and O–H groups in total. The van der Waals surface area contributed by atoms with Crippen LogP contribution in [-0.2, 0) is 9.59 Å². The second kappa shape index (κ2) is 8.53. The van der Waals surface area contributed by atoms with Crippen LogP contribution in [0.25, 0.3) is 0 Å². The van der Waals surface area contributed by atoms with Crippen molar-refractivity contribution in [2.24, 2.45) is 11.8 Å². The van der Waals surface area contributed by atoms with Gasteiger partial charge >= 0.3 is 12.1 Å². The fourth-order valence-electron chi connectivity index (χ4n) is 3.35. The van der Waals surface area contributed by atoms with Crippen molar-refractivity contribution < 1.29 is 22.8 Å². The summed E-state index contributed by atoms with van der Waals surface area (Å²) in [6, 6.07) is 0. The van der Waals surface area contributed by atoms with Crippen molar-refractivity contribution in [1.29, 1.82) is 0 Å². The third kappa shape index (κ3) is 5.83. The average molecular weight is 346 g/mol. The fraction of sp³-hybridized carbons (Fsp3) is 0.765. The van der Waals surface area contributed by atoms with Gasteiger partial charge in [0, 0.05) is 19.6 Å². The van der Waals surface area contributed by atoms with Gasteiger partial charge in [0.25, 0.3) is 0 Å². The zero-order valence-electron chi connectivity index (χ0n) is 13.8. The second-order valence-electron chi connectivity index (χ2n) is 6.73. The van der Waals surface area contributed by atoms with Crippen molar-refractivity contribution in [3.63, 3.8) is 0 Å². The van der Waals surface area contributed by atoms with Crippen molar-refractivity contribution in [3.05, 3.63) is 12.2 Å². The predicted octanol–water partition coefficient (Wildman–Crippen LogP) is 3.04. The number of nitrogens with one attached hydrogen (secondary N) is 1. The number of alkyl halides is 3. The number of nitrogens with zero attached hydrogens (tertiary/aromatic N) is 1. The normalized spacial score (nSPS) is 21.2. The first-order valence-electron chi connectivity index (χ1n) is 8.68. The molecule has 0 aromatic carbocycles. The number of carbonyl (C=O) groups excluding carboxylic acids is 2. The molecule has 4 nitrogen and oxygen atoms in total. The number of hydrogen-bond acceptors (Lipinski definition) is 2. The van der Waals surface area contributed by atoms with Gasteiger partial charge in [-0.25, -0.2) is 0 Å². The summed E-state index contributed by atoms with van der Waals surface area (Å²) >= 11 is 0. The van der Waals surface area contributed by atoms with E-state index in [1.54, 1.807) is 11.0 Å². The van der Waals surface area contributed by atoms with Gasteiger partial charge in [0.1, 0.15) is 0 Å². The first-order valence-corrected chi connectivity index (χ1v) is 8.68. The van der Waals surface area contributed by atoms with Crippen molar-refractivity contribution in [2.45, 2.75) is 51.1 Å². The van der Waals surface area contributed by atoms with E-state index in [-0.39, 0.29) is 18.4 Å². The molecule has 136 valence electrons. The monoisotopic (exact) mass is 346 g/mol. The Labute approximate surface area is 140 Å². The maximum absolute atomic E-state index is 12.2. The number of amides is 2. The summed E-state index contributed by atoms with van der Waals surface area (Å²) in [5.74, 6) is -1.42. The zero-order chi connectivity index (χ0) is 17.6. The quantitative estimate of drug-likeness (QED) is 0.796. The van der Waals surface area contributed by atoms with Gasteiger partial charge in [-0.3, -0.25) is 9.59 Å². The molecule has 1 heterocycles. The molecular weight excluding hydrogens is 321 g/mol. The summed E-state index contributed by atoms with van der Waals surface area (Å²) in [5, 5.41) is 1.92. The van der Waals surface area contributed by atoms with Crippen LogP contribution in [0.3, 0.4) is 0 Å². The molecule has 0 spiro atoms. The number of halogens is 3. The van der Waals surface area contributed by atoms with E-state index in [0.717, 1.165) is 12.8 Å². The molecule has 0 aromatic heterocycles. The Hall–Kier alpha value is -1.53. The van der Waals surface area contributed by atoms with E-state index >= 15 is 0 Å². The highest BCUT2D eigenvalue weighted by molar-refractivity contribution is 5.87. The van der Waals surface area contributed by atoms with Crippen molar-refractivity contribution in [3.8, 4) is 0 Å². The lowest BCUT2D eigenvalue weighted by Gasteiger charge is -2.31. The minimum absolute atomic E-state index is 0.0114. The highest BCUT2D eigenvalue weighted by atomic mass is 19.4. The zero-order valence-corrected chi connectivity index (χ0v) is 13.8. The third-order valence-corrected chi connectivity index (χ3v) is 4.90. The van der Waals surface area contributed by atoms with Crippen LogP contribution < -0.4 is 5.32 Å². The standard InChI is InChI=1S/C17H25F3N2O2/c18-17(19,20)16(24)21-12-14-8-10-22(11-9-14)15(23)7-6-13-4-2-1-3-5-13/h6-7,13-14H,1-5,8-12H2,(H,21,24)/b7-6+. The lowest BCUT2D eigenvalue weighted by molar-refractivity contribution is -0.173. The summed E-state index contributed by atoms with van der Waals surface area (Å²) < 4.78 is 36.4. The first-order chi connectivity index (χ1) is 11.4. The Morgan fingerprint density at radius 1 is 1.04 bits per heavy atom. The number of hydrogen-bond donors (Lipinski definition) is 1. The summed E-state index contributed by atoms with van der Waals surface area (Å²) in [7, 11) is 0. The summed E-state index contributed by atoms with van der Waals surface area (Å²) in [6.07, 6.45) is 6.06. The van der Waals surface area contributed by atoms with Crippen LogP contribution in [0.4, 0.5) is 13.2 Å². The molecule has 2 fully saturated rings. The first kappa shape index (κ1) is 18.8. The molecule has 7 heteroatoms. The molecule has 2 rings (SSSR count). The van der Waals surface area contributed by atoms with Crippen LogP contribution in [0.5, 0.6) is 0 Å². The Balaban J connectivity index is 1.69. The van der Waals surface area contributed by atoms with Crippen molar-refractivity contribution in [2.75, 3.05) is 19.6 Å². The molecule has 0 atom stereocenters. The molecule has 0 unspecified atom stereocenters. The molecule has 1 aliphatic heterocycles. The number of rotatable bonds is 4. The van der Waals surface area contributed by atoms with Crippen LogP contribution in [-0.4, -0.2) is 42.5 Å². The van der Waals surface area contributed by atoms with Crippen LogP contribution >= 0.6 is 0 Å². The van der Waals surface area contributed by atoms with Crippen LogP contribution in [0.15, 0.2) is 12.2 Å². The SMILES string of the molecule is O=C(/C=C/C1CCCCC1)N1CCC(CNC(=O)C(F)(F)F)CC1. The minimum atomic E-state index is -4.83. The van der Waals surface area contributed by atoms with E-state index in [4.69, 9.17) is 0 Å². The Bertz CT molecular complexity index is 463. The molecule has 0 radical (unpaired) electrons. The van der Waals surface area contributed by atoms with Gasteiger partial charge in [-0.15, -0.1) is 0 Å². The molecule has 1 aliphatic carbocycles. The molecule has 1 saturated heterocycles. The van der Waals surface area contributed by atoms with Crippen molar-refractivity contribution >= 4 is 11.8 Å². The second-order valence-corrected chi connectivity index (χ2v) is 6.73. The predicted molar refractivity (Wildman–Crippen MR) is 84.1 cm³/mol.